The number of ketones is 1. The number of carbonyl (C=O) groups excluding carboxylic acids is 1. The van der Waals surface area contributed by atoms with Gasteiger partial charge in [0.05, 0.1) is 12.2 Å². The van der Waals surface area contributed by atoms with E-state index in [1.54, 1.807) is 0 Å². The standard InChI is InChI=1S/C29H40F6O2/c1-3-6-19-9-13-21(14-10-19)22-15-11-20(12-16-22)7-5-8-24(36)23-17-18-25(37-4-2)27(29(33,34)35)26(23)28(30,31)32/h17-22H,3-16H2,1-2H3. The van der Waals surface area contributed by atoms with Crippen LogP contribution in [0.1, 0.15) is 119 Å². The van der Waals surface area contributed by atoms with E-state index in [0.717, 1.165) is 55.6 Å². The van der Waals surface area contributed by atoms with Crippen LogP contribution in [0.2, 0.25) is 0 Å². The molecule has 0 atom stereocenters. The SMILES string of the molecule is CCCC1CCC(C2CCC(CCCC(=O)c3ccc(OCC)c(C(F)(F)F)c3C(F)(F)F)CC2)CC1. The minimum atomic E-state index is -5.34. The summed E-state index contributed by atoms with van der Waals surface area (Å²) in [6, 6.07) is 1.65. The second-order valence-corrected chi connectivity index (χ2v) is 11.0. The maximum Gasteiger partial charge on any atom is 0.420 e. The van der Waals surface area contributed by atoms with Gasteiger partial charge in [-0.3, -0.25) is 4.79 Å². The van der Waals surface area contributed by atoms with Crippen LogP contribution >= 0.6 is 0 Å². The average molecular weight is 535 g/mol. The van der Waals surface area contributed by atoms with Crippen LogP contribution in [0.3, 0.4) is 0 Å². The summed E-state index contributed by atoms with van der Waals surface area (Å²) in [5, 5.41) is 0. The molecule has 0 radical (unpaired) electrons. The highest BCUT2D eigenvalue weighted by atomic mass is 19.4. The lowest BCUT2D eigenvalue weighted by Gasteiger charge is -2.38. The molecule has 2 fully saturated rings. The van der Waals surface area contributed by atoms with Crippen molar-refractivity contribution < 1.29 is 35.9 Å². The molecule has 0 bridgehead atoms. The van der Waals surface area contributed by atoms with Crippen molar-refractivity contribution in [3.05, 3.63) is 28.8 Å². The number of benzene rings is 1. The van der Waals surface area contributed by atoms with Gasteiger partial charge < -0.3 is 4.74 Å². The number of carbonyl (C=O) groups is 1. The molecule has 2 nitrogen and oxygen atoms in total. The van der Waals surface area contributed by atoms with Gasteiger partial charge in [0, 0.05) is 12.0 Å². The molecule has 0 unspecified atom stereocenters. The van der Waals surface area contributed by atoms with E-state index in [4.69, 9.17) is 4.74 Å². The molecule has 2 aliphatic carbocycles. The average Bonchev–Trinajstić information content (AvgIpc) is 2.84. The van der Waals surface area contributed by atoms with E-state index in [2.05, 4.69) is 6.92 Å². The highest BCUT2D eigenvalue weighted by molar-refractivity contribution is 5.98. The smallest absolute Gasteiger partial charge is 0.420 e. The summed E-state index contributed by atoms with van der Waals surface area (Å²) in [5.41, 5.74) is -4.79. The van der Waals surface area contributed by atoms with E-state index < -0.39 is 40.6 Å². The molecule has 0 aliphatic heterocycles. The Bertz CT molecular complexity index is 876. The molecule has 2 saturated carbocycles. The van der Waals surface area contributed by atoms with Gasteiger partial charge in [0.25, 0.3) is 0 Å². The molecule has 2 aliphatic rings. The maximum absolute atomic E-state index is 13.8. The molecule has 0 heterocycles. The van der Waals surface area contributed by atoms with Gasteiger partial charge in [0.1, 0.15) is 11.3 Å². The summed E-state index contributed by atoms with van der Waals surface area (Å²) in [6.45, 7) is 3.40. The van der Waals surface area contributed by atoms with Crippen molar-refractivity contribution in [1.82, 2.24) is 0 Å². The normalized spacial score (nSPS) is 25.2. The lowest BCUT2D eigenvalue weighted by atomic mass is 9.68. The highest BCUT2D eigenvalue weighted by Gasteiger charge is 2.48. The number of alkyl halides is 6. The van der Waals surface area contributed by atoms with Gasteiger partial charge in [-0.25, -0.2) is 0 Å². The fourth-order valence-electron chi connectivity index (χ4n) is 6.66. The molecule has 0 N–H and O–H groups in total. The molecule has 3 rings (SSSR count). The molecule has 37 heavy (non-hydrogen) atoms. The molecular formula is C29H40F6O2. The first-order valence-corrected chi connectivity index (χ1v) is 13.9. The Morgan fingerprint density at radius 1 is 0.784 bits per heavy atom. The van der Waals surface area contributed by atoms with Gasteiger partial charge in [-0.15, -0.1) is 0 Å². The Hall–Kier alpha value is -1.73. The van der Waals surface area contributed by atoms with Crippen LogP contribution in [0.4, 0.5) is 26.3 Å². The summed E-state index contributed by atoms with van der Waals surface area (Å²) in [6.07, 6.45) is 2.58. The maximum atomic E-state index is 13.8. The van der Waals surface area contributed by atoms with Crippen molar-refractivity contribution in [3.63, 3.8) is 0 Å². The Morgan fingerprint density at radius 3 is 1.76 bits per heavy atom. The van der Waals surface area contributed by atoms with Crippen LogP contribution in [-0.4, -0.2) is 12.4 Å². The van der Waals surface area contributed by atoms with Crippen molar-refractivity contribution in [2.45, 2.75) is 110 Å². The van der Waals surface area contributed by atoms with Crippen molar-refractivity contribution in [3.8, 4) is 5.75 Å². The minimum Gasteiger partial charge on any atom is -0.493 e. The highest BCUT2D eigenvalue weighted by Crippen LogP contribution is 2.47. The zero-order chi connectivity index (χ0) is 27.2. The molecule has 0 amide bonds. The largest absolute Gasteiger partial charge is 0.493 e. The fraction of sp³-hybridized carbons (Fsp3) is 0.759. The first-order valence-electron chi connectivity index (χ1n) is 13.9. The number of rotatable bonds is 10. The summed E-state index contributed by atoms with van der Waals surface area (Å²) < 4.78 is 87.0. The second kappa shape index (κ2) is 12.9. The number of hydrogen-bond donors (Lipinski definition) is 0. The van der Waals surface area contributed by atoms with Crippen LogP contribution < -0.4 is 4.74 Å². The van der Waals surface area contributed by atoms with E-state index >= 15 is 0 Å². The Kier molecular flexibility index (Phi) is 10.4. The van der Waals surface area contributed by atoms with Gasteiger partial charge in [-0.2, -0.15) is 26.3 Å². The van der Waals surface area contributed by atoms with Gasteiger partial charge in [-0.05, 0) is 74.8 Å². The summed E-state index contributed by atoms with van der Waals surface area (Å²) >= 11 is 0. The third-order valence-corrected chi connectivity index (χ3v) is 8.50. The zero-order valence-corrected chi connectivity index (χ0v) is 21.9. The number of Topliss-reactive ketones (excluding diaryl/α,β-unsaturated/α-hetero) is 1. The molecule has 0 spiro atoms. The summed E-state index contributed by atoms with van der Waals surface area (Å²) in [4.78, 5) is 12.7. The van der Waals surface area contributed by atoms with Crippen LogP contribution in [0, 0.1) is 23.7 Å². The summed E-state index contributed by atoms with van der Waals surface area (Å²) in [7, 11) is 0. The quantitative estimate of drug-likeness (QED) is 0.221. The number of ether oxygens (including phenoxy) is 1. The predicted molar refractivity (Wildman–Crippen MR) is 132 cm³/mol. The van der Waals surface area contributed by atoms with E-state index in [0.29, 0.717) is 18.8 Å². The van der Waals surface area contributed by atoms with Crippen molar-refractivity contribution in [2.24, 2.45) is 23.7 Å². The first kappa shape index (κ1) is 29.8. The number of hydrogen-bond acceptors (Lipinski definition) is 2. The lowest BCUT2D eigenvalue weighted by molar-refractivity contribution is -0.163. The van der Waals surface area contributed by atoms with Crippen LogP contribution in [-0.2, 0) is 12.4 Å². The van der Waals surface area contributed by atoms with Crippen LogP contribution in [0.15, 0.2) is 12.1 Å². The Labute approximate surface area is 216 Å². The topological polar surface area (TPSA) is 26.3 Å². The molecule has 8 heteroatoms. The van der Waals surface area contributed by atoms with Crippen molar-refractivity contribution >= 4 is 5.78 Å². The number of halogens is 6. The van der Waals surface area contributed by atoms with Crippen molar-refractivity contribution in [2.75, 3.05) is 6.61 Å². The first-order chi connectivity index (χ1) is 17.5. The molecule has 0 aromatic heterocycles. The van der Waals surface area contributed by atoms with Crippen LogP contribution in [0.25, 0.3) is 0 Å². The Morgan fingerprint density at radius 2 is 1.30 bits per heavy atom. The van der Waals surface area contributed by atoms with Crippen molar-refractivity contribution in [1.29, 1.82) is 0 Å². The molecular weight excluding hydrogens is 494 g/mol. The lowest BCUT2D eigenvalue weighted by Crippen LogP contribution is -2.26. The van der Waals surface area contributed by atoms with E-state index in [1.807, 2.05) is 0 Å². The monoisotopic (exact) mass is 534 g/mol. The van der Waals surface area contributed by atoms with E-state index in [1.165, 1.54) is 45.4 Å². The molecule has 210 valence electrons. The van der Waals surface area contributed by atoms with E-state index in [9.17, 15) is 31.1 Å². The third-order valence-electron chi connectivity index (χ3n) is 8.50. The molecule has 1 aromatic rings. The second-order valence-electron chi connectivity index (χ2n) is 11.0. The molecule has 1 aromatic carbocycles. The minimum absolute atomic E-state index is 0.199. The molecule has 0 saturated heterocycles. The zero-order valence-electron chi connectivity index (χ0n) is 21.9. The van der Waals surface area contributed by atoms with Gasteiger partial charge in [-0.1, -0.05) is 51.9 Å². The third kappa shape index (κ3) is 7.89. The van der Waals surface area contributed by atoms with Gasteiger partial charge in [0.2, 0.25) is 0 Å². The van der Waals surface area contributed by atoms with Gasteiger partial charge in [0.15, 0.2) is 5.78 Å². The van der Waals surface area contributed by atoms with Gasteiger partial charge >= 0.3 is 12.4 Å². The predicted octanol–water partition coefficient (Wildman–Crippen LogP) is 9.89. The Balaban J connectivity index is 1.56. The summed E-state index contributed by atoms with van der Waals surface area (Å²) in [5.74, 6) is 1.05. The van der Waals surface area contributed by atoms with E-state index in [-0.39, 0.29) is 13.0 Å². The fourth-order valence-corrected chi connectivity index (χ4v) is 6.66. The van der Waals surface area contributed by atoms with Crippen LogP contribution in [0.5, 0.6) is 5.75 Å².